The highest BCUT2D eigenvalue weighted by molar-refractivity contribution is 6.33. The van der Waals surface area contributed by atoms with Crippen LogP contribution in [0.15, 0.2) is 72.9 Å². The Hall–Kier alpha value is -5.20. The zero-order valence-corrected chi connectivity index (χ0v) is 31.2. The smallest absolute Gasteiger partial charge is 0.261 e. The summed E-state index contributed by atoms with van der Waals surface area (Å²) < 4.78 is 0. The Morgan fingerprint density at radius 2 is 0.852 bits per heavy atom. The summed E-state index contributed by atoms with van der Waals surface area (Å²) in [5.74, 6) is -1.31. The predicted molar refractivity (Wildman–Crippen MR) is 207 cm³/mol. The standard InChI is InChI=1S/C42H50N6O6/c1-45(21-7-19-43-35(49)27-29-11-3-4-12-29)23-9-25-47-39(51)31-15-17-33-38-34(18-16-32(37(31)38)40(47)52)42(54)48(41(33)53)26-10-24-46(2)22-8-20-44-36(50)28-30-13-5-6-14-30/h3-6,11-18,29-30H,7-10,19-28H2,1-2H3,(H,43,49)(H,44,50). The summed E-state index contributed by atoms with van der Waals surface area (Å²) in [6.07, 6.45) is 19.5. The van der Waals surface area contributed by atoms with E-state index in [1.54, 1.807) is 24.3 Å². The SMILES string of the molecule is CN(CCCNC(=O)CC1C=CC=C1)CCCN1C(=O)c2ccc3c4c(ccc(c24)C1=O)C(=O)N(CCCN(C)CCCNC(=O)CC1C=CC=C1)C3=O. The van der Waals surface area contributed by atoms with Crippen molar-refractivity contribution in [3.8, 4) is 0 Å². The third-order valence-electron chi connectivity index (χ3n) is 10.5. The van der Waals surface area contributed by atoms with Crippen molar-refractivity contribution >= 4 is 46.2 Å². The maximum absolute atomic E-state index is 13.7. The summed E-state index contributed by atoms with van der Waals surface area (Å²) in [6, 6.07) is 6.41. The van der Waals surface area contributed by atoms with Crippen LogP contribution in [0.2, 0.25) is 0 Å². The van der Waals surface area contributed by atoms with Crippen molar-refractivity contribution in [3.05, 3.63) is 95.1 Å². The predicted octanol–water partition coefficient (Wildman–Crippen LogP) is 3.95. The van der Waals surface area contributed by atoms with Gasteiger partial charge in [-0.1, -0.05) is 48.6 Å². The zero-order chi connectivity index (χ0) is 38.2. The van der Waals surface area contributed by atoms with Crippen LogP contribution in [0, 0.1) is 11.8 Å². The average molecular weight is 735 g/mol. The highest BCUT2D eigenvalue weighted by Gasteiger charge is 2.39. The first-order valence-corrected chi connectivity index (χ1v) is 19.0. The van der Waals surface area contributed by atoms with Crippen LogP contribution < -0.4 is 10.6 Å². The number of carbonyl (C=O) groups excluding carboxylic acids is 6. The van der Waals surface area contributed by atoms with Crippen molar-refractivity contribution in [1.29, 1.82) is 0 Å². The lowest BCUT2D eigenvalue weighted by molar-refractivity contribution is -0.122. The Labute approximate surface area is 316 Å². The summed E-state index contributed by atoms with van der Waals surface area (Å²) in [4.78, 5) is 85.7. The number of benzene rings is 2. The highest BCUT2D eigenvalue weighted by Crippen LogP contribution is 2.38. The molecule has 12 nitrogen and oxygen atoms in total. The van der Waals surface area contributed by atoms with Crippen LogP contribution in [0.25, 0.3) is 10.8 Å². The van der Waals surface area contributed by atoms with E-state index in [0.29, 0.717) is 84.9 Å². The third-order valence-corrected chi connectivity index (χ3v) is 10.5. The summed E-state index contributed by atoms with van der Waals surface area (Å²) in [5, 5.41) is 6.69. The zero-order valence-electron chi connectivity index (χ0n) is 31.2. The molecule has 0 fully saturated rings. The monoisotopic (exact) mass is 734 g/mol. The van der Waals surface area contributed by atoms with Crippen LogP contribution in [-0.2, 0) is 9.59 Å². The van der Waals surface area contributed by atoms with Gasteiger partial charge in [-0.2, -0.15) is 0 Å². The highest BCUT2D eigenvalue weighted by atomic mass is 16.2. The second-order valence-electron chi connectivity index (χ2n) is 14.6. The molecular weight excluding hydrogens is 684 g/mol. The molecule has 284 valence electrons. The fraction of sp³-hybridized carbons (Fsp3) is 0.429. The van der Waals surface area contributed by atoms with Crippen LogP contribution in [0.3, 0.4) is 0 Å². The van der Waals surface area contributed by atoms with Crippen LogP contribution in [0.1, 0.15) is 80.0 Å². The molecule has 2 aromatic rings. The molecule has 0 saturated carbocycles. The third kappa shape index (κ3) is 8.94. The van der Waals surface area contributed by atoms with Gasteiger partial charge in [0, 0.05) is 83.9 Å². The molecule has 2 aliphatic carbocycles. The Morgan fingerprint density at radius 3 is 1.19 bits per heavy atom. The molecular formula is C42H50N6O6. The van der Waals surface area contributed by atoms with Crippen molar-refractivity contribution in [3.63, 3.8) is 0 Å². The lowest BCUT2D eigenvalue weighted by atomic mass is 9.86. The molecule has 2 aromatic carbocycles. The number of rotatable bonds is 20. The number of amides is 6. The molecule has 0 bridgehead atoms. The molecule has 0 atom stereocenters. The second kappa shape index (κ2) is 17.7. The van der Waals surface area contributed by atoms with Crippen molar-refractivity contribution in [2.45, 2.75) is 38.5 Å². The van der Waals surface area contributed by atoms with Gasteiger partial charge in [0.1, 0.15) is 0 Å². The molecule has 2 heterocycles. The molecule has 6 amide bonds. The van der Waals surface area contributed by atoms with Gasteiger partial charge < -0.3 is 20.4 Å². The number of hydrogen-bond acceptors (Lipinski definition) is 8. The number of nitrogens with one attached hydrogen (secondary N) is 2. The maximum Gasteiger partial charge on any atom is 0.261 e. The number of imide groups is 2. The van der Waals surface area contributed by atoms with E-state index in [-0.39, 0.29) is 36.7 Å². The van der Waals surface area contributed by atoms with E-state index >= 15 is 0 Å². The lowest BCUT2D eigenvalue weighted by Crippen LogP contribution is -2.44. The second-order valence-corrected chi connectivity index (χ2v) is 14.6. The topological polar surface area (TPSA) is 139 Å². The number of carbonyl (C=O) groups is 6. The van der Waals surface area contributed by atoms with Crippen molar-refractivity contribution < 1.29 is 28.8 Å². The fourth-order valence-corrected chi connectivity index (χ4v) is 7.56. The van der Waals surface area contributed by atoms with E-state index in [4.69, 9.17) is 0 Å². The molecule has 2 N–H and O–H groups in total. The minimum absolute atomic E-state index is 0.0315. The molecule has 0 aromatic heterocycles. The van der Waals surface area contributed by atoms with Crippen LogP contribution in [0.4, 0.5) is 0 Å². The van der Waals surface area contributed by atoms with Gasteiger partial charge in [-0.05, 0) is 90.2 Å². The van der Waals surface area contributed by atoms with Gasteiger partial charge in [0.05, 0.1) is 0 Å². The lowest BCUT2D eigenvalue weighted by Gasteiger charge is -2.32. The largest absolute Gasteiger partial charge is 0.356 e. The fourth-order valence-electron chi connectivity index (χ4n) is 7.56. The van der Waals surface area contributed by atoms with Gasteiger partial charge in [0.25, 0.3) is 23.6 Å². The Bertz CT molecular complexity index is 1700. The molecule has 0 radical (unpaired) electrons. The first-order valence-electron chi connectivity index (χ1n) is 19.0. The molecule has 0 spiro atoms. The maximum atomic E-state index is 13.7. The van der Waals surface area contributed by atoms with Gasteiger partial charge in [-0.3, -0.25) is 38.6 Å². The van der Waals surface area contributed by atoms with Gasteiger partial charge in [0.15, 0.2) is 0 Å². The van der Waals surface area contributed by atoms with Crippen molar-refractivity contribution in [2.75, 3.05) is 66.5 Å². The van der Waals surface area contributed by atoms with Crippen molar-refractivity contribution in [1.82, 2.24) is 30.2 Å². The van der Waals surface area contributed by atoms with Gasteiger partial charge in [-0.25, -0.2) is 0 Å². The number of hydrogen-bond donors (Lipinski definition) is 2. The van der Waals surface area contributed by atoms with Crippen LogP contribution in [0.5, 0.6) is 0 Å². The molecule has 12 heteroatoms. The van der Waals surface area contributed by atoms with E-state index in [0.717, 1.165) is 25.9 Å². The van der Waals surface area contributed by atoms with Crippen LogP contribution >= 0.6 is 0 Å². The molecule has 0 unspecified atom stereocenters. The Morgan fingerprint density at radius 1 is 0.537 bits per heavy atom. The van der Waals surface area contributed by atoms with E-state index in [2.05, 4.69) is 20.4 Å². The van der Waals surface area contributed by atoms with E-state index in [1.807, 2.05) is 62.7 Å². The van der Waals surface area contributed by atoms with Gasteiger partial charge in [-0.15, -0.1) is 0 Å². The number of nitrogens with zero attached hydrogens (tertiary/aromatic N) is 4. The number of allylic oxidation sites excluding steroid dienone is 8. The minimum atomic E-state index is -0.429. The summed E-state index contributed by atoms with van der Waals surface area (Å²) in [7, 11) is 3.95. The molecule has 0 saturated heterocycles. The normalized spacial score (nSPS) is 16.4. The summed E-state index contributed by atoms with van der Waals surface area (Å²) >= 11 is 0. The summed E-state index contributed by atoms with van der Waals surface area (Å²) in [5.41, 5.74) is 1.27. The molecule has 54 heavy (non-hydrogen) atoms. The average Bonchev–Trinajstić information content (AvgIpc) is 3.87. The Balaban J connectivity index is 0.965. The van der Waals surface area contributed by atoms with E-state index in [9.17, 15) is 28.8 Å². The van der Waals surface area contributed by atoms with Gasteiger partial charge in [0.2, 0.25) is 11.8 Å². The molecule has 2 aliphatic heterocycles. The van der Waals surface area contributed by atoms with Crippen LogP contribution in [-0.4, -0.2) is 121 Å². The quantitative estimate of drug-likeness (QED) is 0.154. The molecule has 6 rings (SSSR count). The van der Waals surface area contributed by atoms with Crippen molar-refractivity contribution in [2.24, 2.45) is 11.8 Å². The van der Waals surface area contributed by atoms with E-state index < -0.39 is 23.6 Å². The Kier molecular flexibility index (Phi) is 12.7. The first kappa shape index (κ1) is 38.5. The van der Waals surface area contributed by atoms with E-state index in [1.165, 1.54) is 9.80 Å². The molecule has 4 aliphatic rings. The minimum Gasteiger partial charge on any atom is -0.356 e. The first-order chi connectivity index (χ1) is 26.1. The van der Waals surface area contributed by atoms with Gasteiger partial charge >= 0.3 is 0 Å². The summed E-state index contributed by atoms with van der Waals surface area (Å²) in [6.45, 7) is 4.46.